The Morgan fingerprint density at radius 2 is 1.67 bits per heavy atom. The molecule has 0 fully saturated rings. The summed E-state index contributed by atoms with van der Waals surface area (Å²) in [6, 6.07) is 17.1. The number of carbonyl (C=O) groups excluding carboxylic acids is 2. The van der Waals surface area contributed by atoms with Crippen LogP contribution in [-0.2, 0) is 25.0 Å². The van der Waals surface area contributed by atoms with Crippen molar-refractivity contribution in [2.75, 3.05) is 22.9 Å². The first kappa shape index (κ1) is 24.0. The molecule has 3 aromatic rings. The zero-order valence-electron chi connectivity index (χ0n) is 18.8. The third-order valence-corrected chi connectivity index (χ3v) is 5.11. The molecule has 9 nitrogen and oxygen atoms in total. The number of carbonyl (C=O) groups is 2. The Morgan fingerprint density at radius 3 is 2.30 bits per heavy atom. The lowest BCUT2D eigenvalue weighted by Crippen LogP contribution is -2.23. The monoisotopic (exact) mass is 470 g/mol. The maximum absolute atomic E-state index is 12.6. The number of hydrogen-bond acceptors (Lipinski definition) is 6. The number of nitrogens with zero attached hydrogens (tertiary/aromatic N) is 2. The highest BCUT2D eigenvalue weighted by molar-refractivity contribution is 7.92. The molecule has 0 aliphatic carbocycles. The summed E-state index contributed by atoms with van der Waals surface area (Å²) in [4.78, 5) is 25.0. The van der Waals surface area contributed by atoms with Crippen LogP contribution in [0.5, 0.6) is 0 Å². The SMILES string of the molecule is CC(C)(C)c1cc(NC(=O)COC(=O)c2ccccc2NS(C)(=O)=O)n(-c2ccccc2)n1. The lowest BCUT2D eigenvalue weighted by molar-refractivity contribution is -0.119. The van der Waals surface area contributed by atoms with Crippen molar-refractivity contribution < 1.29 is 22.7 Å². The van der Waals surface area contributed by atoms with Gasteiger partial charge in [0.15, 0.2) is 6.61 Å². The third-order valence-electron chi connectivity index (χ3n) is 4.52. The summed E-state index contributed by atoms with van der Waals surface area (Å²) in [6.45, 7) is 5.48. The van der Waals surface area contributed by atoms with E-state index in [9.17, 15) is 18.0 Å². The molecule has 3 rings (SSSR count). The first-order valence-corrected chi connectivity index (χ1v) is 12.0. The largest absolute Gasteiger partial charge is 0.452 e. The fourth-order valence-electron chi connectivity index (χ4n) is 2.94. The van der Waals surface area contributed by atoms with Gasteiger partial charge in [0.2, 0.25) is 10.0 Å². The van der Waals surface area contributed by atoms with Gasteiger partial charge >= 0.3 is 5.97 Å². The maximum atomic E-state index is 12.6. The molecular formula is C23H26N4O5S. The van der Waals surface area contributed by atoms with Crippen LogP contribution in [0.1, 0.15) is 36.8 Å². The maximum Gasteiger partial charge on any atom is 0.340 e. The summed E-state index contributed by atoms with van der Waals surface area (Å²) in [5.74, 6) is -0.954. The zero-order valence-corrected chi connectivity index (χ0v) is 19.6. The molecule has 1 amide bonds. The van der Waals surface area contributed by atoms with E-state index in [0.29, 0.717) is 5.82 Å². The van der Waals surface area contributed by atoms with E-state index < -0.39 is 28.5 Å². The van der Waals surface area contributed by atoms with Crippen LogP contribution >= 0.6 is 0 Å². The smallest absolute Gasteiger partial charge is 0.340 e. The summed E-state index contributed by atoms with van der Waals surface area (Å²) in [5.41, 5.74) is 1.37. The van der Waals surface area contributed by atoms with Gasteiger partial charge in [0, 0.05) is 11.5 Å². The predicted octanol–water partition coefficient (Wildman–Crippen LogP) is 3.34. The second-order valence-electron chi connectivity index (χ2n) is 8.46. The summed E-state index contributed by atoms with van der Waals surface area (Å²) in [6.07, 6.45) is 0.976. The molecule has 0 saturated heterocycles. The fraction of sp³-hybridized carbons (Fsp3) is 0.261. The van der Waals surface area contributed by atoms with Crippen molar-refractivity contribution in [2.24, 2.45) is 0 Å². The number of rotatable bonds is 7. The highest BCUT2D eigenvalue weighted by Crippen LogP contribution is 2.26. The number of esters is 1. The minimum absolute atomic E-state index is 0.0000659. The van der Waals surface area contributed by atoms with Crippen molar-refractivity contribution in [2.45, 2.75) is 26.2 Å². The van der Waals surface area contributed by atoms with Crippen molar-refractivity contribution in [3.05, 3.63) is 71.9 Å². The zero-order chi connectivity index (χ0) is 24.2. The van der Waals surface area contributed by atoms with E-state index in [2.05, 4.69) is 15.1 Å². The van der Waals surface area contributed by atoms with Crippen LogP contribution in [0.3, 0.4) is 0 Å². The number of ether oxygens (including phenoxy) is 1. The van der Waals surface area contributed by atoms with Crippen molar-refractivity contribution in [1.29, 1.82) is 0 Å². The predicted molar refractivity (Wildman–Crippen MR) is 126 cm³/mol. The second kappa shape index (κ2) is 9.45. The summed E-state index contributed by atoms with van der Waals surface area (Å²) in [7, 11) is -3.59. The van der Waals surface area contributed by atoms with Crippen LogP contribution in [0.15, 0.2) is 60.7 Å². The highest BCUT2D eigenvalue weighted by atomic mass is 32.2. The van der Waals surface area contributed by atoms with Gasteiger partial charge < -0.3 is 10.1 Å². The molecule has 10 heteroatoms. The Bertz CT molecular complexity index is 1260. The van der Waals surface area contributed by atoms with E-state index in [-0.39, 0.29) is 16.7 Å². The Morgan fingerprint density at radius 1 is 1.03 bits per heavy atom. The Balaban J connectivity index is 1.75. The van der Waals surface area contributed by atoms with Crippen LogP contribution < -0.4 is 10.0 Å². The van der Waals surface area contributed by atoms with Gasteiger partial charge in [-0.2, -0.15) is 5.10 Å². The summed E-state index contributed by atoms with van der Waals surface area (Å²) >= 11 is 0. The molecule has 0 spiro atoms. The van der Waals surface area contributed by atoms with Gasteiger partial charge in [0.05, 0.1) is 28.9 Å². The molecule has 0 saturated carbocycles. The third kappa shape index (κ3) is 6.42. The Kier molecular flexibility index (Phi) is 6.87. The Hall–Kier alpha value is -3.66. The number of aromatic nitrogens is 2. The lowest BCUT2D eigenvalue weighted by atomic mass is 9.92. The van der Waals surface area contributed by atoms with Gasteiger partial charge in [-0.3, -0.25) is 9.52 Å². The van der Waals surface area contributed by atoms with E-state index in [0.717, 1.165) is 17.6 Å². The standard InChI is InChI=1S/C23H26N4O5S/c1-23(2,3)19-14-20(27(25-19)16-10-6-5-7-11-16)24-21(28)15-32-22(29)17-12-8-9-13-18(17)26-33(4,30)31/h5-14,26H,15H2,1-4H3,(H,24,28). The average molecular weight is 471 g/mol. The molecule has 2 N–H and O–H groups in total. The number of para-hydroxylation sites is 2. The van der Waals surface area contributed by atoms with Gasteiger partial charge in [-0.25, -0.2) is 17.9 Å². The molecule has 0 aliphatic rings. The molecule has 174 valence electrons. The molecule has 0 aliphatic heterocycles. The van der Waals surface area contributed by atoms with Crippen molar-refractivity contribution in [1.82, 2.24) is 9.78 Å². The van der Waals surface area contributed by atoms with E-state index in [1.54, 1.807) is 22.9 Å². The van der Waals surface area contributed by atoms with Gasteiger partial charge in [0.25, 0.3) is 5.91 Å². The molecule has 2 aromatic carbocycles. The summed E-state index contributed by atoms with van der Waals surface area (Å²) in [5, 5.41) is 7.36. The fourth-order valence-corrected chi connectivity index (χ4v) is 3.52. The number of benzene rings is 2. The molecule has 0 radical (unpaired) electrons. The van der Waals surface area contributed by atoms with E-state index in [1.165, 1.54) is 12.1 Å². The van der Waals surface area contributed by atoms with Gasteiger partial charge in [-0.15, -0.1) is 0 Å². The number of hydrogen-bond donors (Lipinski definition) is 2. The first-order valence-electron chi connectivity index (χ1n) is 10.1. The number of nitrogens with one attached hydrogen (secondary N) is 2. The van der Waals surface area contributed by atoms with Gasteiger partial charge in [0.1, 0.15) is 5.82 Å². The number of amides is 1. The van der Waals surface area contributed by atoms with Crippen LogP contribution in [0.25, 0.3) is 5.69 Å². The minimum atomic E-state index is -3.59. The quantitative estimate of drug-likeness (QED) is 0.511. The molecule has 1 heterocycles. The van der Waals surface area contributed by atoms with Gasteiger partial charge in [-0.05, 0) is 24.3 Å². The molecule has 0 bridgehead atoms. The topological polar surface area (TPSA) is 119 Å². The number of anilines is 2. The van der Waals surface area contributed by atoms with E-state index >= 15 is 0 Å². The highest BCUT2D eigenvalue weighted by Gasteiger charge is 2.22. The van der Waals surface area contributed by atoms with Crippen LogP contribution in [0.2, 0.25) is 0 Å². The molecule has 1 aromatic heterocycles. The summed E-state index contributed by atoms with van der Waals surface area (Å²) < 4.78 is 32.1. The second-order valence-corrected chi connectivity index (χ2v) is 10.2. The van der Waals surface area contributed by atoms with Gasteiger partial charge in [-0.1, -0.05) is 51.1 Å². The normalized spacial score (nSPS) is 11.6. The molecule has 33 heavy (non-hydrogen) atoms. The van der Waals surface area contributed by atoms with E-state index in [4.69, 9.17) is 4.74 Å². The lowest BCUT2D eigenvalue weighted by Gasteiger charge is -2.14. The Labute approximate surface area is 192 Å². The molecule has 0 unspecified atom stereocenters. The van der Waals surface area contributed by atoms with E-state index in [1.807, 2.05) is 51.1 Å². The molecular weight excluding hydrogens is 444 g/mol. The minimum Gasteiger partial charge on any atom is -0.452 e. The van der Waals surface area contributed by atoms with Crippen molar-refractivity contribution in [3.8, 4) is 5.69 Å². The van der Waals surface area contributed by atoms with Crippen LogP contribution in [0, 0.1) is 0 Å². The number of sulfonamides is 1. The first-order chi connectivity index (χ1) is 15.4. The molecule has 0 atom stereocenters. The van der Waals surface area contributed by atoms with Crippen LogP contribution in [-0.4, -0.2) is 42.9 Å². The van der Waals surface area contributed by atoms with Crippen LogP contribution in [0.4, 0.5) is 11.5 Å². The van der Waals surface area contributed by atoms with Crippen molar-refractivity contribution in [3.63, 3.8) is 0 Å². The average Bonchev–Trinajstić information content (AvgIpc) is 3.16. The van der Waals surface area contributed by atoms with Crippen molar-refractivity contribution >= 4 is 33.4 Å².